The fraction of sp³-hybridized carbons (Fsp3) is 0.222. The predicted octanol–water partition coefficient (Wildman–Crippen LogP) is 4.90. The van der Waals surface area contributed by atoms with Crippen molar-refractivity contribution in [2.75, 3.05) is 0 Å². The molecule has 2 atom stereocenters. The molecule has 0 heteroatoms. The number of allylic oxidation sites excluding steroid dienone is 2. The van der Waals surface area contributed by atoms with Crippen molar-refractivity contribution < 1.29 is 0 Å². The summed E-state index contributed by atoms with van der Waals surface area (Å²) in [6.07, 6.45) is 7.12. The molecule has 1 aliphatic carbocycles. The normalized spacial score (nSPS) is 22.9. The highest BCUT2D eigenvalue weighted by Gasteiger charge is 2.20. The standard InChI is InChI=1S/C18H18/c1-3-8-15(9-4-1)17-12-7-13-18(14-17)16-10-5-2-6-11-16/h1-12,17-18H,13-14H2/t17-,18-/m1/s1. The van der Waals surface area contributed by atoms with Crippen LogP contribution in [0, 0.1) is 0 Å². The average molecular weight is 234 g/mol. The molecule has 0 fully saturated rings. The molecule has 0 saturated carbocycles. The van der Waals surface area contributed by atoms with E-state index in [0.717, 1.165) is 0 Å². The summed E-state index contributed by atoms with van der Waals surface area (Å²) in [5, 5.41) is 0. The molecule has 3 rings (SSSR count). The fourth-order valence-electron chi connectivity index (χ4n) is 2.83. The first kappa shape index (κ1) is 11.3. The van der Waals surface area contributed by atoms with Crippen molar-refractivity contribution in [2.45, 2.75) is 24.7 Å². The van der Waals surface area contributed by atoms with Crippen LogP contribution in [0.25, 0.3) is 0 Å². The van der Waals surface area contributed by atoms with Crippen molar-refractivity contribution in [3.05, 3.63) is 83.9 Å². The zero-order valence-electron chi connectivity index (χ0n) is 10.5. The Kier molecular flexibility index (Phi) is 3.27. The Balaban J connectivity index is 1.81. The van der Waals surface area contributed by atoms with Crippen LogP contribution >= 0.6 is 0 Å². The van der Waals surface area contributed by atoms with Crippen LogP contribution in [-0.2, 0) is 0 Å². The van der Waals surface area contributed by atoms with E-state index in [0.29, 0.717) is 11.8 Å². The first-order valence-electron chi connectivity index (χ1n) is 6.70. The van der Waals surface area contributed by atoms with Gasteiger partial charge in [-0.2, -0.15) is 0 Å². The third-order valence-corrected chi connectivity index (χ3v) is 3.83. The number of benzene rings is 2. The second-order valence-electron chi connectivity index (χ2n) is 5.02. The molecule has 2 aromatic rings. The van der Waals surface area contributed by atoms with E-state index in [-0.39, 0.29) is 0 Å². The van der Waals surface area contributed by atoms with Gasteiger partial charge in [-0.3, -0.25) is 0 Å². The molecule has 90 valence electrons. The van der Waals surface area contributed by atoms with Crippen LogP contribution in [0.15, 0.2) is 72.8 Å². The summed E-state index contributed by atoms with van der Waals surface area (Å²) in [6.45, 7) is 0. The molecule has 0 aromatic heterocycles. The molecule has 2 aromatic carbocycles. The largest absolute Gasteiger partial charge is 0.0873 e. The Morgan fingerprint density at radius 1 is 0.722 bits per heavy atom. The van der Waals surface area contributed by atoms with Gasteiger partial charge >= 0.3 is 0 Å². The van der Waals surface area contributed by atoms with Gasteiger partial charge in [0.1, 0.15) is 0 Å². The molecule has 0 bridgehead atoms. The SMILES string of the molecule is C1=C[C@@H](c2ccccc2)C[C@H](c2ccccc2)C1. The number of hydrogen-bond donors (Lipinski definition) is 0. The van der Waals surface area contributed by atoms with Crippen molar-refractivity contribution in [3.63, 3.8) is 0 Å². The highest BCUT2D eigenvalue weighted by molar-refractivity contribution is 5.29. The summed E-state index contributed by atoms with van der Waals surface area (Å²) < 4.78 is 0. The maximum atomic E-state index is 2.37. The third-order valence-electron chi connectivity index (χ3n) is 3.83. The Hall–Kier alpha value is -1.82. The molecule has 0 heterocycles. The topological polar surface area (TPSA) is 0 Å². The van der Waals surface area contributed by atoms with Crippen LogP contribution in [0.3, 0.4) is 0 Å². The van der Waals surface area contributed by atoms with Gasteiger partial charge in [0, 0.05) is 5.92 Å². The van der Waals surface area contributed by atoms with Crippen LogP contribution in [-0.4, -0.2) is 0 Å². The smallest absolute Gasteiger partial charge is 0.00238 e. The van der Waals surface area contributed by atoms with Gasteiger partial charge in [0.2, 0.25) is 0 Å². The number of hydrogen-bond acceptors (Lipinski definition) is 0. The van der Waals surface area contributed by atoms with E-state index in [1.54, 1.807) is 0 Å². The van der Waals surface area contributed by atoms with E-state index in [9.17, 15) is 0 Å². The molecule has 0 unspecified atom stereocenters. The fourth-order valence-corrected chi connectivity index (χ4v) is 2.83. The predicted molar refractivity (Wildman–Crippen MR) is 76.7 cm³/mol. The van der Waals surface area contributed by atoms with E-state index in [2.05, 4.69) is 72.8 Å². The summed E-state index contributed by atoms with van der Waals surface area (Å²) in [7, 11) is 0. The lowest BCUT2D eigenvalue weighted by molar-refractivity contribution is 0.566. The van der Waals surface area contributed by atoms with Gasteiger partial charge in [-0.15, -0.1) is 0 Å². The zero-order valence-corrected chi connectivity index (χ0v) is 10.5. The lowest BCUT2D eigenvalue weighted by Crippen LogP contribution is -2.08. The second kappa shape index (κ2) is 5.22. The summed E-state index contributed by atoms with van der Waals surface area (Å²) in [6, 6.07) is 21.7. The first-order chi connectivity index (χ1) is 8.93. The molecule has 0 saturated heterocycles. The highest BCUT2D eigenvalue weighted by Crippen LogP contribution is 2.36. The monoisotopic (exact) mass is 234 g/mol. The summed E-state index contributed by atoms with van der Waals surface area (Å²) in [5.74, 6) is 1.24. The van der Waals surface area contributed by atoms with Crippen LogP contribution in [0.4, 0.5) is 0 Å². The molecule has 0 N–H and O–H groups in total. The van der Waals surface area contributed by atoms with E-state index in [4.69, 9.17) is 0 Å². The lowest BCUT2D eigenvalue weighted by atomic mass is 9.79. The maximum Gasteiger partial charge on any atom is 0.00238 e. The Labute approximate surface area is 109 Å². The molecule has 1 aliphatic rings. The van der Waals surface area contributed by atoms with Gasteiger partial charge in [0.15, 0.2) is 0 Å². The van der Waals surface area contributed by atoms with Crippen molar-refractivity contribution >= 4 is 0 Å². The minimum Gasteiger partial charge on any atom is -0.0873 e. The van der Waals surface area contributed by atoms with Crippen LogP contribution < -0.4 is 0 Å². The number of rotatable bonds is 2. The van der Waals surface area contributed by atoms with Crippen molar-refractivity contribution in [2.24, 2.45) is 0 Å². The molecule has 0 amide bonds. The Morgan fingerprint density at radius 2 is 1.33 bits per heavy atom. The highest BCUT2D eigenvalue weighted by atomic mass is 14.2. The summed E-state index contributed by atoms with van der Waals surface area (Å²) >= 11 is 0. The molecule has 18 heavy (non-hydrogen) atoms. The van der Waals surface area contributed by atoms with Crippen molar-refractivity contribution in [1.82, 2.24) is 0 Å². The molecule has 0 spiro atoms. The van der Waals surface area contributed by atoms with Crippen molar-refractivity contribution in [3.8, 4) is 0 Å². The van der Waals surface area contributed by atoms with Gasteiger partial charge in [0.05, 0.1) is 0 Å². The Morgan fingerprint density at radius 3 is 2.00 bits per heavy atom. The van der Waals surface area contributed by atoms with Gasteiger partial charge in [-0.25, -0.2) is 0 Å². The van der Waals surface area contributed by atoms with E-state index >= 15 is 0 Å². The van der Waals surface area contributed by atoms with Gasteiger partial charge in [0.25, 0.3) is 0 Å². The van der Waals surface area contributed by atoms with Gasteiger partial charge in [-0.1, -0.05) is 72.8 Å². The maximum absolute atomic E-state index is 2.37. The van der Waals surface area contributed by atoms with Crippen LogP contribution in [0.5, 0.6) is 0 Å². The minimum absolute atomic E-state index is 0.574. The van der Waals surface area contributed by atoms with E-state index < -0.39 is 0 Å². The lowest BCUT2D eigenvalue weighted by Gasteiger charge is -2.25. The average Bonchev–Trinajstić information content (AvgIpc) is 2.49. The van der Waals surface area contributed by atoms with Crippen LogP contribution in [0.2, 0.25) is 0 Å². The van der Waals surface area contributed by atoms with Gasteiger partial charge < -0.3 is 0 Å². The third kappa shape index (κ3) is 2.38. The molecule has 0 aliphatic heterocycles. The summed E-state index contributed by atoms with van der Waals surface area (Å²) in [5.41, 5.74) is 2.91. The van der Waals surface area contributed by atoms with Crippen LogP contribution in [0.1, 0.15) is 35.8 Å². The van der Waals surface area contributed by atoms with E-state index in [1.807, 2.05) is 0 Å². The molecular weight excluding hydrogens is 216 g/mol. The molecule has 0 nitrogen and oxygen atoms in total. The Bertz CT molecular complexity index is 510. The second-order valence-corrected chi connectivity index (χ2v) is 5.02. The molecular formula is C18H18. The van der Waals surface area contributed by atoms with E-state index in [1.165, 1.54) is 24.0 Å². The first-order valence-corrected chi connectivity index (χ1v) is 6.70. The minimum atomic E-state index is 0.574. The van der Waals surface area contributed by atoms with Gasteiger partial charge in [-0.05, 0) is 29.9 Å². The van der Waals surface area contributed by atoms with Crippen molar-refractivity contribution in [1.29, 1.82) is 0 Å². The molecule has 0 radical (unpaired) electrons. The zero-order chi connectivity index (χ0) is 12.2. The summed E-state index contributed by atoms with van der Waals surface area (Å²) in [4.78, 5) is 0. The quantitative estimate of drug-likeness (QED) is 0.648.